The fourth-order valence-corrected chi connectivity index (χ4v) is 6.19. The number of aryl methyl sites for hydroxylation is 1. The standard InChI is InChI=1S/C31H26N4O2S/c1-19-16-24(20(2)34(19)26-12-7-9-21-8-3-4-10-23(21)26)30-29(25-11-5-6-15-32-25)33-31(38)35(30)22-13-14-27-28(17-22)37-18-36-27/h3-17,29-30H,18H2,1-2H3,(H,33,38)/t29-,30+/m0/s1. The van der Waals surface area contributed by atoms with Crippen LogP contribution in [0.2, 0.25) is 0 Å². The van der Waals surface area contributed by atoms with Crippen LogP contribution < -0.4 is 19.7 Å². The molecule has 7 rings (SSSR count). The maximum absolute atomic E-state index is 5.95. The minimum atomic E-state index is -0.129. The zero-order valence-corrected chi connectivity index (χ0v) is 21.9. The van der Waals surface area contributed by atoms with Crippen molar-refractivity contribution < 1.29 is 9.47 Å². The third-order valence-corrected chi connectivity index (χ3v) is 7.84. The van der Waals surface area contributed by atoms with Gasteiger partial charge in [0.25, 0.3) is 0 Å². The van der Waals surface area contributed by atoms with E-state index in [1.165, 1.54) is 27.7 Å². The molecule has 1 fully saturated rings. The fraction of sp³-hybridized carbons (Fsp3) is 0.161. The molecular formula is C31H26N4O2S. The van der Waals surface area contributed by atoms with Gasteiger partial charge < -0.3 is 24.3 Å². The lowest BCUT2D eigenvalue weighted by molar-refractivity contribution is 0.174. The van der Waals surface area contributed by atoms with Crippen molar-refractivity contribution in [2.75, 3.05) is 11.7 Å². The third kappa shape index (κ3) is 3.54. The van der Waals surface area contributed by atoms with Crippen LogP contribution in [-0.4, -0.2) is 21.5 Å². The highest BCUT2D eigenvalue weighted by Gasteiger charge is 2.42. The van der Waals surface area contributed by atoms with Gasteiger partial charge in [0.1, 0.15) is 0 Å². The van der Waals surface area contributed by atoms with Crippen molar-refractivity contribution in [1.29, 1.82) is 0 Å². The summed E-state index contributed by atoms with van der Waals surface area (Å²) in [6.07, 6.45) is 1.83. The molecule has 0 saturated carbocycles. The van der Waals surface area contributed by atoms with Crippen LogP contribution in [0.4, 0.5) is 5.69 Å². The first-order valence-electron chi connectivity index (χ1n) is 12.7. The Hall–Kier alpha value is -4.36. The van der Waals surface area contributed by atoms with Crippen molar-refractivity contribution >= 4 is 33.8 Å². The van der Waals surface area contributed by atoms with Gasteiger partial charge in [-0.05, 0) is 73.4 Å². The smallest absolute Gasteiger partial charge is 0.231 e. The molecule has 2 atom stereocenters. The first-order valence-corrected chi connectivity index (χ1v) is 13.1. The second-order valence-corrected chi connectivity index (χ2v) is 10.1. The molecule has 0 bridgehead atoms. The van der Waals surface area contributed by atoms with Gasteiger partial charge in [0, 0.05) is 34.7 Å². The van der Waals surface area contributed by atoms with E-state index >= 15 is 0 Å². The lowest BCUT2D eigenvalue weighted by atomic mass is 9.96. The SMILES string of the molecule is Cc1cc([C@@H]2[C@H](c3ccccn3)NC(=S)N2c2ccc3c(c2)OCO3)c(C)n1-c1cccc2ccccc12. The maximum atomic E-state index is 5.95. The molecular weight excluding hydrogens is 492 g/mol. The summed E-state index contributed by atoms with van der Waals surface area (Å²) in [5.41, 5.74) is 6.58. The minimum Gasteiger partial charge on any atom is -0.454 e. The van der Waals surface area contributed by atoms with Gasteiger partial charge >= 0.3 is 0 Å². The van der Waals surface area contributed by atoms with Gasteiger partial charge in [-0.2, -0.15) is 0 Å². The Bertz CT molecular complexity index is 1690. The van der Waals surface area contributed by atoms with Crippen molar-refractivity contribution in [1.82, 2.24) is 14.9 Å². The molecule has 0 amide bonds. The lowest BCUT2D eigenvalue weighted by Gasteiger charge is -2.28. The number of pyridine rings is 1. The van der Waals surface area contributed by atoms with Crippen molar-refractivity contribution in [3.63, 3.8) is 0 Å². The average molecular weight is 519 g/mol. The molecule has 6 nitrogen and oxygen atoms in total. The molecule has 1 N–H and O–H groups in total. The molecule has 5 aromatic rings. The number of hydrogen-bond donors (Lipinski definition) is 1. The average Bonchev–Trinajstić information content (AvgIpc) is 3.63. The van der Waals surface area contributed by atoms with Crippen LogP contribution in [0.3, 0.4) is 0 Å². The predicted molar refractivity (Wildman–Crippen MR) is 153 cm³/mol. The molecule has 2 aromatic heterocycles. The van der Waals surface area contributed by atoms with E-state index in [1.807, 2.05) is 36.5 Å². The van der Waals surface area contributed by atoms with Crippen molar-refractivity contribution in [3.05, 3.63) is 114 Å². The molecule has 3 aromatic carbocycles. The monoisotopic (exact) mass is 518 g/mol. The van der Waals surface area contributed by atoms with Crippen molar-refractivity contribution in [2.45, 2.75) is 25.9 Å². The second kappa shape index (κ2) is 8.89. The van der Waals surface area contributed by atoms with E-state index in [1.54, 1.807) is 0 Å². The highest BCUT2D eigenvalue weighted by atomic mass is 32.1. The summed E-state index contributed by atoms with van der Waals surface area (Å²) in [6, 6.07) is 29.0. The topological polar surface area (TPSA) is 51.6 Å². The highest BCUT2D eigenvalue weighted by molar-refractivity contribution is 7.80. The summed E-state index contributed by atoms with van der Waals surface area (Å²) in [5.74, 6) is 1.48. The van der Waals surface area contributed by atoms with E-state index in [-0.39, 0.29) is 18.9 Å². The number of ether oxygens (including phenoxy) is 2. The van der Waals surface area contributed by atoms with Gasteiger partial charge in [0.05, 0.1) is 23.5 Å². The third-order valence-electron chi connectivity index (χ3n) is 7.53. The zero-order chi connectivity index (χ0) is 25.8. The Kier molecular flexibility index (Phi) is 5.33. The molecule has 4 heterocycles. The number of thiocarbonyl (C=S) groups is 1. The van der Waals surface area contributed by atoms with Crippen LogP contribution in [0, 0.1) is 13.8 Å². The Morgan fingerprint density at radius 2 is 1.71 bits per heavy atom. The van der Waals surface area contributed by atoms with E-state index in [0.29, 0.717) is 5.11 Å². The number of nitrogens with zero attached hydrogens (tertiary/aromatic N) is 3. The van der Waals surface area contributed by atoms with Crippen LogP contribution in [0.25, 0.3) is 16.5 Å². The number of aromatic nitrogens is 2. The molecule has 1 saturated heterocycles. The normalized spacial score (nSPS) is 18.3. The van der Waals surface area contributed by atoms with E-state index in [0.717, 1.165) is 28.6 Å². The fourth-order valence-electron chi connectivity index (χ4n) is 5.85. The minimum absolute atomic E-state index is 0.118. The van der Waals surface area contributed by atoms with Crippen LogP contribution >= 0.6 is 12.2 Å². The Morgan fingerprint density at radius 3 is 2.58 bits per heavy atom. The molecule has 38 heavy (non-hydrogen) atoms. The van der Waals surface area contributed by atoms with E-state index in [9.17, 15) is 0 Å². The van der Waals surface area contributed by atoms with Gasteiger partial charge in [0.15, 0.2) is 16.6 Å². The Morgan fingerprint density at radius 1 is 0.895 bits per heavy atom. The van der Waals surface area contributed by atoms with Crippen LogP contribution in [0.1, 0.15) is 34.7 Å². The molecule has 2 aliphatic rings. The molecule has 0 unspecified atom stereocenters. The second-order valence-electron chi connectivity index (χ2n) is 9.69. The summed E-state index contributed by atoms with van der Waals surface area (Å²) in [5, 5.41) is 6.66. The largest absolute Gasteiger partial charge is 0.454 e. The molecule has 7 heteroatoms. The maximum Gasteiger partial charge on any atom is 0.231 e. The van der Waals surface area contributed by atoms with Crippen LogP contribution in [-0.2, 0) is 0 Å². The quantitative estimate of drug-likeness (QED) is 0.272. The number of rotatable bonds is 4. The van der Waals surface area contributed by atoms with E-state index in [2.05, 4.69) is 83.2 Å². The molecule has 188 valence electrons. The number of nitrogens with one attached hydrogen (secondary N) is 1. The summed E-state index contributed by atoms with van der Waals surface area (Å²) in [4.78, 5) is 6.90. The number of fused-ring (bicyclic) bond motifs is 2. The van der Waals surface area contributed by atoms with Crippen LogP contribution in [0.5, 0.6) is 11.5 Å². The zero-order valence-electron chi connectivity index (χ0n) is 21.1. The molecule has 0 spiro atoms. The van der Waals surface area contributed by atoms with Gasteiger partial charge in [-0.1, -0.05) is 42.5 Å². The van der Waals surface area contributed by atoms with Crippen molar-refractivity contribution in [3.8, 4) is 17.2 Å². The van der Waals surface area contributed by atoms with E-state index < -0.39 is 0 Å². The predicted octanol–water partition coefficient (Wildman–Crippen LogP) is 6.55. The van der Waals surface area contributed by atoms with Gasteiger partial charge in [-0.15, -0.1) is 0 Å². The lowest BCUT2D eigenvalue weighted by Crippen LogP contribution is -2.29. The highest BCUT2D eigenvalue weighted by Crippen LogP contribution is 2.46. The van der Waals surface area contributed by atoms with Gasteiger partial charge in [-0.3, -0.25) is 4.98 Å². The number of anilines is 1. The first kappa shape index (κ1) is 22.8. The summed E-state index contributed by atoms with van der Waals surface area (Å²) in [7, 11) is 0. The Balaban J connectivity index is 1.41. The number of benzene rings is 3. The summed E-state index contributed by atoms with van der Waals surface area (Å²) in [6.45, 7) is 4.59. The van der Waals surface area contributed by atoms with E-state index in [4.69, 9.17) is 26.7 Å². The molecule has 0 aliphatic carbocycles. The molecule has 0 radical (unpaired) electrons. The number of hydrogen-bond acceptors (Lipinski definition) is 4. The van der Waals surface area contributed by atoms with Crippen LogP contribution in [0.15, 0.2) is 91.1 Å². The van der Waals surface area contributed by atoms with Crippen molar-refractivity contribution in [2.24, 2.45) is 0 Å². The van der Waals surface area contributed by atoms with Gasteiger partial charge in [0.2, 0.25) is 6.79 Å². The molecule has 2 aliphatic heterocycles. The first-order chi connectivity index (χ1) is 18.6. The Labute approximate surface area is 226 Å². The summed E-state index contributed by atoms with van der Waals surface area (Å²) < 4.78 is 13.6. The summed E-state index contributed by atoms with van der Waals surface area (Å²) >= 11 is 5.95. The van der Waals surface area contributed by atoms with Gasteiger partial charge in [-0.25, -0.2) is 0 Å².